The van der Waals surface area contributed by atoms with E-state index in [0.29, 0.717) is 11.4 Å². The van der Waals surface area contributed by atoms with Gasteiger partial charge in [0.2, 0.25) is 5.95 Å². The maximum atomic E-state index is 13.5. The molecule has 2 N–H and O–H groups in total. The highest BCUT2D eigenvalue weighted by atomic mass is 35.5. The van der Waals surface area contributed by atoms with Crippen LogP contribution in [-0.2, 0) is 21.2 Å². The van der Waals surface area contributed by atoms with Crippen LogP contribution < -0.4 is 20.7 Å². The maximum Gasteiger partial charge on any atom is 0.333 e. The van der Waals surface area contributed by atoms with E-state index >= 15 is 0 Å². The quantitative estimate of drug-likeness (QED) is 0.311. The van der Waals surface area contributed by atoms with Gasteiger partial charge in [0.25, 0.3) is 0 Å². The number of anilines is 4. The Bertz CT molecular complexity index is 1520. The minimum atomic E-state index is -5.03. The third kappa shape index (κ3) is 5.87. The summed E-state index contributed by atoms with van der Waals surface area (Å²) in [6.45, 7) is 5.92. The third-order valence-corrected chi connectivity index (χ3v) is 8.80. The van der Waals surface area contributed by atoms with Crippen molar-refractivity contribution >= 4 is 57.5 Å². The van der Waals surface area contributed by atoms with Crippen molar-refractivity contribution in [2.75, 3.05) is 44.7 Å². The fraction of sp³-hybridized carbons (Fsp3) is 0.348. The summed E-state index contributed by atoms with van der Waals surface area (Å²) < 4.78 is 54.7. The van der Waals surface area contributed by atoms with E-state index in [9.17, 15) is 16.9 Å². The summed E-state index contributed by atoms with van der Waals surface area (Å²) in [6, 6.07) is 5.24. The first-order valence-electron chi connectivity index (χ1n) is 11.3. The van der Waals surface area contributed by atoms with E-state index in [1.807, 2.05) is 12.1 Å². The Labute approximate surface area is 220 Å². The van der Waals surface area contributed by atoms with Gasteiger partial charge in [-0.2, -0.15) is 13.4 Å². The summed E-state index contributed by atoms with van der Waals surface area (Å²) in [5.74, 6) is 0.994. The van der Waals surface area contributed by atoms with Crippen molar-refractivity contribution < 1.29 is 21.6 Å². The molecule has 3 aromatic rings. The molecule has 1 aliphatic rings. The molecule has 1 atom stereocenters. The molecule has 10 nitrogen and oxygen atoms in total. The van der Waals surface area contributed by atoms with Gasteiger partial charge in [0.05, 0.1) is 30.5 Å². The van der Waals surface area contributed by atoms with Crippen LogP contribution in [0.15, 0.2) is 35.5 Å². The van der Waals surface area contributed by atoms with Crippen molar-refractivity contribution in [1.29, 1.82) is 0 Å². The Balaban J connectivity index is 1.70. The molecule has 3 heterocycles. The molecular weight excluding hydrogens is 542 g/mol. The van der Waals surface area contributed by atoms with E-state index in [1.54, 1.807) is 7.11 Å². The number of hydrogen-bond donors (Lipinski definition) is 2. The number of fused-ring (bicyclic) bond motifs is 1. The standard InChI is InChI=1S/C23H27ClFN6O4PS/c1-13-16-10-18(19(35-3)8-14(16)6-7-31(13)2)28-23-27-12-17(24)21(30-23)29-22-20(36(4,5)32)9-15(11-26-22)37(25,33)34/h8-13H,6-7H2,1-5H3,(H2,26,27,28,29,30). The second-order valence-electron chi connectivity index (χ2n) is 9.13. The molecule has 0 amide bonds. The van der Waals surface area contributed by atoms with Gasteiger partial charge in [-0.25, -0.2) is 9.97 Å². The van der Waals surface area contributed by atoms with E-state index in [0.717, 1.165) is 25.2 Å². The van der Waals surface area contributed by atoms with Gasteiger partial charge in [0.15, 0.2) is 5.82 Å². The molecule has 2 aromatic heterocycles. The van der Waals surface area contributed by atoms with Crippen molar-refractivity contribution in [3.05, 3.63) is 46.7 Å². The van der Waals surface area contributed by atoms with Crippen LogP contribution in [-0.4, -0.2) is 62.3 Å². The molecule has 1 unspecified atom stereocenters. The largest absolute Gasteiger partial charge is 0.495 e. The highest BCUT2D eigenvalue weighted by Crippen LogP contribution is 2.40. The second kappa shape index (κ2) is 10.2. The molecule has 0 aliphatic carbocycles. The summed E-state index contributed by atoms with van der Waals surface area (Å²) in [6.07, 6.45) is 3.12. The van der Waals surface area contributed by atoms with Gasteiger partial charge in [-0.1, -0.05) is 11.6 Å². The summed E-state index contributed by atoms with van der Waals surface area (Å²) in [5.41, 5.74) is 3.05. The van der Waals surface area contributed by atoms with Crippen molar-refractivity contribution in [2.24, 2.45) is 0 Å². The van der Waals surface area contributed by atoms with Crippen LogP contribution in [0.1, 0.15) is 24.1 Å². The fourth-order valence-electron chi connectivity index (χ4n) is 4.06. The van der Waals surface area contributed by atoms with Gasteiger partial charge in [-0.15, -0.1) is 3.89 Å². The summed E-state index contributed by atoms with van der Waals surface area (Å²) >= 11 is 6.31. The third-order valence-electron chi connectivity index (χ3n) is 6.24. The number of hydrogen-bond acceptors (Lipinski definition) is 10. The zero-order chi connectivity index (χ0) is 27.1. The molecule has 1 aliphatic heterocycles. The molecular formula is C23H27ClFN6O4PS. The van der Waals surface area contributed by atoms with Gasteiger partial charge in [0.1, 0.15) is 28.6 Å². The van der Waals surface area contributed by atoms with Gasteiger partial charge >= 0.3 is 10.2 Å². The van der Waals surface area contributed by atoms with Crippen molar-refractivity contribution in [2.45, 2.75) is 24.3 Å². The zero-order valence-corrected chi connectivity index (χ0v) is 23.4. The maximum absolute atomic E-state index is 13.5. The number of aromatic nitrogens is 3. The molecule has 4 rings (SSSR count). The minimum Gasteiger partial charge on any atom is -0.495 e. The van der Waals surface area contributed by atoms with Crippen molar-refractivity contribution in [1.82, 2.24) is 19.9 Å². The molecule has 198 valence electrons. The number of halogens is 2. The summed E-state index contributed by atoms with van der Waals surface area (Å²) in [5, 5.41) is 6.22. The molecule has 0 bridgehead atoms. The van der Waals surface area contributed by atoms with Crippen molar-refractivity contribution in [3.8, 4) is 5.75 Å². The van der Waals surface area contributed by atoms with Crippen molar-refractivity contribution in [3.63, 3.8) is 0 Å². The van der Waals surface area contributed by atoms with Gasteiger partial charge in [-0.05, 0) is 63.0 Å². The Morgan fingerprint density at radius 3 is 2.54 bits per heavy atom. The van der Waals surface area contributed by atoms with Crippen LogP contribution in [0, 0.1) is 0 Å². The molecule has 0 saturated carbocycles. The highest BCUT2D eigenvalue weighted by molar-refractivity contribution is 7.86. The Morgan fingerprint density at radius 2 is 1.89 bits per heavy atom. The number of nitrogens with one attached hydrogen (secondary N) is 2. The summed E-state index contributed by atoms with van der Waals surface area (Å²) in [4.78, 5) is 14.2. The first-order chi connectivity index (χ1) is 17.3. The van der Waals surface area contributed by atoms with Crippen LogP contribution in [0.5, 0.6) is 5.75 Å². The number of methoxy groups -OCH3 is 1. The average Bonchev–Trinajstić information content (AvgIpc) is 2.82. The van der Waals surface area contributed by atoms with Crippen LogP contribution >= 0.6 is 18.7 Å². The number of likely N-dealkylation sites (N-methyl/N-ethyl adjacent to an activating group) is 1. The predicted octanol–water partition coefficient (Wildman–Crippen LogP) is 4.48. The lowest BCUT2D eigenvalue weighted by atomic mass is 9.93. The Morgan fingerprint density at radius 1 is 1.16 bits per heavy atom. The van der Waals surface area contributed by atoms with Crippen LogP contribution in [0.4, 0.5) is 27.2 Å². The number of ether oxygens (including phenoxy) is 1. The number of benzene rings is 1. The second-order valence-corrected chi connectivity index (χ2v) is 14.1. The Hall–Kier alpha value is -2.79. The van der Waals surface area contributed by atoms with E-state index in [1.165, 1.54) is 30.7 Å². The normalized spacial score (nSPS) is 16.2. The molecule has 14 heteroatoms. The monoisotopic (exact) mass is 568 g/mol. The molecule has 0 radical (unpaired) electrons. The molecule has 37 heavy (non-hydrogen) atoms. The molecule has 0 spiro atoms. The first-order valence-corrected chi connectivity index (χ1v) is 15.6. The van der Waals surface area contributed by atoms with E-state index < -0.39 is 22.3 Å². The lowest BCUT2D eigenvalue weighted by Gasteiger charge is -2.33. The molecule has 0 saturated heterocycles. The molecule has 1 aromatic carbocycles. The minimum absolute atomic E-state index is 0.0323. The van der Waals surface area contributed by atoms with E-state index in [4.69, 9.17) is 16.3 Å². The first kappa shape index (κ1) is 27.3. The smallest absolute Gasteiger partial charge is 0.333 e. The van der Waals surface area contributed by atoms with Gasteiger partial charge < -0.3 is 19.9 Å². The lowest BCUT2D eigenvalue weighted by molar-refractivity contribution is 0.247. The molecule has 0 fully saturated rings. The lowest BCUT2D eigenvalue weighted by Crippen LogP contribution is -2.30. The number of nitrogens with zero attached hydrogens (tertiary/aromatic N) is 4. The van der Waals surface area contributed by atoms with Crippen LogP contribution in [0.2, 0.25) is 5.02 Å². The van der Waals surface area contributed by atoms with Crippen LogP contribution in [0.25, 0.3) is 0 Å². The number of rotatable bonds is 7. The highest BCUT2D eigenvalue weighted by Gasteiger charge is 2.25. The van der Waals surface area contributed by atoms with E-state index in [-0.39, 0.29) is 34.0 Å². The average molecular weight is 569 g/mol. The van der Waals surface area contributed by atoms with Gasteiger partial charge in [-0.3, -0.25) is 4.90 Å². The van der Waals surface area contributed by atoms with Crippen LogP contribution in [0.3, 0.4) is 0 Å². The Kier molecular flexibility index (Phi) is 7.49. The zero-order valence-electron chi connectivity index (χ0n) is 20.9. The number of pyridine rings is 1. The SMILES string of the molecule is COc1cc2c(cc1Nc1ncc(Cl)c(Nc3ncc(S(=O)(=O)F)cc3P(C)(C)=O)n1)C(C)N(C)CC2. The topological polar surface area (TPSA) is 126 Å². The van der Waals surface area contributed by atoms with Gasteiger partial charge in [0, 0.05) is 12.6 Å². The summed E-state index contributed by atoms with van der Waals surface area (Å²) in [7, 11) is -4.45. The fourth-order valence-corrected chi connectivity index (χ4v) is 5.80. The van der Waals surface area contributed by atoms with E-state index in [2.05, 4.69) is 44.5 Å². The predicted molar refractivity (Wildman–Crippen MR) is 143 cm³/mol.